The topological polar surface area (TPSA) is 93.7 Å². The van der Waals surface area contributed by atoms with Crippen LogP contribution in [0.4, 0.5) is 4.79 Å². The first-order valence-corrected chi connectivity index (χ1v) is 11.7. The van der Waals surface area contributed by atoms with Gasteiger partial charge in [0.15, 0.2) is 5.16 Å². The van der Waals surface area contributed by atoms with Gasteiger partial charge in [-0.15, -0.1) is 0 Å². The Morgan fingerprint density at radius 3 is 2.66 bits per heavy atom. The highest BCUT2D eigenvalue weighted by molar-refractivity contribution is 7.99. The van der Waals surface area contributed by atoms with Crippen LogP contribution < -0.4 is 10.1 Å². The first kappa shape index (κ1) is 23.6. The largest absolute Gasteiger partial charge is 0.478 e. The van der Waals surface area contributed by atoms with Crippen LogP contribution >= 0.6 is 11.8 Å². The Morgan fingerprint density at radius 2 is 1.97 bits per heavy atom. The summed E-state index contributed by atoms with van der Waals surface area (Å²) in [6.45, 7) is 6.88. The molecule has 1 aliphatic heterocycles. The summed E-state index contributed by atoms with van der Waals surface area (Å²) in [4.78, 5) is 36.2. The molecule has 9 heteroatoms. The lowest BCUT2D eigenvalue weighted by Crippen LogP contribution is -2.49. The average molecular weight is 457 g/mol. The first-order chi connectivity index (χ1) is 15.6. The van der Waals surface area contributed by atoms with Gasteiger partial charge >= 0.3 is 12.0 Å². The van der Waals surface area contributed by atoms with Crippen LogP contribution in [-0.2, 0) is 9.53 Å². The number of carbonyl (C=O) groups excluding carboxylic acids is 2. The lowest BCUT2D eigenvalue weighted by Gasteiger charge is -2.36. The van der Waals surface area contributed by atoms with E-state index in [9.17, 15) is 9.59 Å². The Kier molecular flexibility index (Phi) is 8.49. The molecule has 170 valence electrons. The number of rotatable bonds is 10. The van der Waals surface area contributed by atoms with Crippen molar-refractivity contribution in [3.8, 4) is 5.88 Å². The summed E-state index contributed by atoms with van der Waals surface area (Å²) >= 11 is 1.34. The van der Waals surface area contributed by atoms with Gasteiger partial charge in [0, 0.05) is 30.3 Å². The Hall–Kier alpha value is -3.07. The van der Waals surface area contributed by atoms with E-state index in [1.165, 1.54) is 11.8 Å². The van der Waals surface area contributed by atoms with E-state index in [0.29, 0.717) is 41.2 Å². The molecule has 0 radical (unpaired) electrons. The van der Waals surface area contributed by atoms with Crippen molar-refractivity contribution in [2.24, 2.45) is 0 Å². The van der Waals surface area contributed by atoms with E-state index >= 15 is 0 Å². The molecule has 2 aromatic rings. The van der Waals surface area contributed by atoms with Crippen LogP contribution in [0, 0.1) is 0 Å². The monoisotopic (exact) mass is 456 g/mol. The van der Waals surface area contributed by atoms with Crippen molar-refractivity contribution in [1.29, 1.82) is 0 Å². The minimum absolute atomic E-state index is 0.240. The van der Waals surface area contributed by atoms with E-state index in [1.54, 1.807) is 24.1 Å². The van der Waals surface area contributed by atoms with Gasteiger partial charge in [-0.25, -0.2) is 14.6 Å². The lowest BCUT2D eigenvalue weighted by molar-refractivity contribution is -0.139. The molecule has 1 unspecified atom stereocenters. The molecular weight excluding hydrogens is 428 g/mol. The van der Waals surface area contributed by atoms with Gasteiger partial charge in [-0.3, -0.25) is 4.90 Å². The fourth-order valence-corrected chi connectivity index (χ4v) is 4.22. The zero-order valence-corrected chi connectivity index (χ0v) is 19.4. The molecule has 1 N–H and O–H groups in total. The van der Waals surface area contributed by atoms with Crippen molar-refractivity contribution < 1.29 is 19.1 Å². The molecule has 2 heterocycles. The van der Waals surface area contributed by atoms with Crippen molar-refractivity contribution in [3.63, 3.8) is 0 Å². The third-order valence-corrected chi connectivity index (χ3v) is 5.66. The Morgan fingerprint density at radius 1 is 1.19 bits per heavy atom. The highest BCUT2D eigenvalue weighted by Gasteiger charge is 2.37. The number of amides is 2. The lowest BCUT2D eigenvalue weighted by atomic mass is 9.95. The molecule has 1 aromatic heterocycles. The highest BCUT2D eigenvalue weighted by atomic mass is 32.2. The molecular formula is C23H28N4O4S. The Labute approximate surface area is 192 Å². The van der Waals surface area contributed by atoms with Crippen LogP contribution in [-0.4, -0.2) is 52.4 Å². The van der Waals surface area contributed by atoms with Gasteiger partial charge in [0.2, 0.25) is 5.88 Å². The second kappa shape index (κ2) is 11.5. The summed E-state index contributed by atoms with van der Waals surface area (Å²) in [5.41, 5.74) is 1.83. The summed E-state index contributed by atoms with van der Waals surface area (Å²) < 4.78 is 11.0. The van der Waals surface area contributed by atoms with Gasteiger partial charge in [0.05, 0.1) is 24.8 Å². The number of carbonyl (C=O) groups is 2. The maximum atomic E-state index is 13.0. The predicted octanol–water partition coefficient (Wildman–Crippen LogP) is 3.96. The van der Waals surface area contributed by atoms with Crippen molar-refractivity contribution in [3.05, 3.63) is 59.4 Å². The minimum Gasteiger partial charge on any atom is -0.478 e. The summed E-state index contributed by atoms with van der Waals surface area (Å²) in [6, 6.07) is 10.3. The van der Waals surface area contributed by atoms with Crippen molar-refractivity contribution in [2.75, 3.05) is 25.5 Å². The molecule has 0 saturated heterocycles. The maximum absolute atomic E-state index is 13.0. The summed E-state index contributed by atoms with van der Waals surface area (Å²) in [6.07, 6.45) is 2.52. The number of urea groups is 1. The number of nitrogens with zero attached hydrogens (tertiary/aromatic N) is 3. The minimum atomic E-state index is -0.596. The molecule has 0 spiro atoms. The number of thioether (sulfide) groups is 1. The van der Waals surface area contributed by atoms with E-state index in [2.05, 4.69) is 15.3 Å². The fourth-order valence-electron chi connectivity index (χ4n) is 3.35. The number of ether oxygens (including phenoxy) is 2. The fraction of sp³-hybridized carbons (Fsp3) is 0.391. The number of benzene rings is 1. The third kappa shape index (κ3) is 5.59. The van der Waals surface area contributed by atoms with Crippen LogP contribution in [0.5, 0.6) is 5.88 Å². The molecule has 1 atom stereocenters. The number of aromatic nitrogens is 2. The maximum Gasteiger partial charge on any atom is 0.338 e. The molecule has 3 rings (SSSR count). The van der Waals surface area contributed by atoms with Gasteiger partial charge in [-0.2, -0.15) is 4.98 Å². The smallest absolute Gasteiger partial charge is 0.338 e. The quantitative estimate of drug-likeness (QED) is 0.328. The second-order valence-corrected chi connectivity index (χ2v) is 7.88. The molecule has 2 amide bonds. The Balaban J connectivity index is 1.97. The summed E-state index contributed by atoms with van der Waals surface area (Å²) in [5, 5.41) is 3.46. The Bertz CT molecular complexity index is 967. The van der Waals surface area contributed by atoms with E-state index in [4.69, 9.17) is 9.47 Å². The SMILES string of the molecule is CCCOc1ccnc(SCC2=C(C(=O)OCC)C(c3ccccc3)NC(=O)N2CC)n1. The van der Waals surface area contributed by atoms with Gasteiger partial charge in [0.25, 0.3) is 0 Å². The summed E-state index contributed by atoms with van der Waals surface area (Å²) in [5.74, 6) is 0.381. The predicted molar refractivity (Wildman–Crippen MR) is 122 cm³/mol. The normalized spacial score (nSPS) is 16.0. The van der Waals surface area contributed by atoms with Crippen molar-refractivity contribution in [1.82, 2.24) is 20.2 Å². The molecule has 0 saturated carbocycles. The first-order valence-electron chi connectivity index (χ1n) is 10.7. The summed E-state index contributed by atoms with van der Waals surface area (Å²) in [7, 11) is 0. The second-order valence-electron chi connectivity index (χ2n) is 6.93. The average Bonchev–Trinajstić information content (AvgIpc) is 2.82. The van der Waals surface area contributed by atoms with E-state index in [0.717, 1.165) is 12.0 Å². The standard InChI is InChI=1S/C23H28N4O4S/c1-4-14-31-18-12-13-24-22(25-18)32-15-17-19(21(28)30-6-3)20(16-10-8-7-9-11-16)26-23(29)27(17)5-2/h7-13,20H,4-6,14-15H2,1-3H3,(H,26,29). The van der Waals surface area contributed by atoms with Crippen molar-refractivity contribution in [2.45, 2.75) is 38.4 Å². The van der Waals surface area contributed by atoms with E-state index in [-0.39, 0.29) is 12.6 Å². The van der Waals surface area contributed by atoms with Gasteiger partial charge in [-0.1, -0.05) is 49.0 Å². The van der Waals surface area contributed by atoms with Crippen molar-refractivity contribution >= 4 is 23.8 Å². The molecule has 1 aromatic carbocycles. The number of hydrogen-bond acceptors (Lipinski definition) is 7. The molecule has 32 heavy (non-hydrogen) atoms. The number of hydrogen-bond donors (Lipinski definition) is 1. The molecule has 0 fully saturated rings. The zero-order chi connectivity index (χ0) is 22.9. The van der Waals surface area contributed by atoms with Gasteiger partial charge < -0.3 is 14.8 Å². The highest BCUT2D eigenvalue weighted by Crippen LogP contribution is 2.34. The number of esters is 1. The molecule has 1 aliphatic rings. The van der Waals surface area contributed by atoms with Gasteiger partial charge in [0.1, 0.15) is 0 Å². The zero-order valence-electron chi connectivity index (χ0n) is 18.5. The van der Waals surface area contributed by atoms with E-state index in [1.807, 2.05) is 44.2 Å². The van der Waals surface area contributed by atoms with Crippen LogP contribution in [0.25, 0.3) is 0 Å². The van der Waals surface area contributed by atoms with Gasteiger partial charge in [-0.05, 0) is 25.8 Å². The van der Waals surface area contributed by atoms with Crippen LogP contribution in [0.1, 0.15) is 38.8 Å². The third-order valence-electron chi connectivity index (χ3n) is 4.78. The molecule has 0 bridgehead atoms. The molecule has 8 nitrogen and oxygen atoms in total. The van der Waals surface area contributed by atoms with Crippen LogP contribution in [0.15, 0.2) is 59.0 Å². The van der Waals surface area contributed by atoms with Crippen LogP contribution in [0.3, 0.4) is 0 Å². The number of nitrogens with one attached hydrogen (secondary N) is 1. The van der Waals surface area contributed by atoms with E-state index < -0.39 is 12.0 Å². The van der Waals surface area contributed by atoms with Crippen LogP contribution in [0.2, 0.25) is 0 Å². The molecule has 0 aliphatic carbocycles.